The molecule has 1 N–H and O–H groups in total. The molecule has 0 aliphatic rings. The van der Waals surface area contributed by atoms with Crippen LogP contribution in [-0.2, 0) is 20.1 Å². The number of pyridine rings is 1. The molecule has 0 saturated heterocycles. The SMILES string of the molecule is Cc1cc(=O)c2c(=O)n(CCCCC(C)O)c(=O)n(C)c2n1Cc1ccccc1. The first-order chi connectivity index (χ1) is 13.8. The molecule has 2 aromatic heterocycles. The van der Waals surface area contributed by atoms with E-state index >= 15 is 0 Å². The summed E-state index contributed by atoms with van der Waals surface area (Å²) in [4.78, 5) is 38.7. The second kappa shape index (κ2) is 8.61. The Morgan fingerprint density at radius 3 is 2.38 bits per heavy atom. The van der Waals surface area contributed by atoms with Gasteiger partial charge in [0.25, 0.3) is 5.56 Å². The predicted molar refractivity (Wildman–Crippen MR) is 114 cm³/mol. The molecule has 1 unspecified atom stereocenters. The van der Waals surface area contributed by atoms with E-state index in [1.807, 2.05) is 34.9 Å². The number of unbranched alkanes of at least 4 members (excludes halogenated alkanes) is 1. The number of benzene rings is 1. The minimum atomic E-state index is -0.549. The highest BCUT2D eigenvalue weighted by Gasteiger charge is 2.18. The van der Waals surface area contributed by atoms with E-state index in [1.165, 1.54) is 10.6 Å². The zero-order valence-corrected chi connectivity index (χ0v) is 17.1. The Morgan fingerprint density at radius 1 is 1.03 bits per heavy atom. The van der Waals surface area contributed by atoms with Crippen molar-refractivity contribution in [2.24, 2.45) is 7.05 Å². The van der Waals surface area contributed by atoms with Gasteiger partial charge in [-0.3, -0.25) is 18.7 Å². The molecule has 7 heteroatoms. The van der Waals surface area contributed by atoms with Crippen LogP contribution in [0, 0.1) is 6.92 Å². The summed E-state index contributed by atoms with van der Waals surface area (Å²) >= 11 is 0. The van der Waals surface area contributed by atoms with E-state index in [-0.39, 0.29) is 17.4 Å². The van der Waals surface area contributed by atoms with Crippen molar-refractivity contribution in [3.8, 4) is 0 Å². The normalized spacial score (nSPS) is 12.4. The summed E-state index contributed by atoms with van der Waals surface area (Å²) in [5.41, 5.74) is 0.679. The molecule has 0 radical (unpaired) electrons. The summed E-state index contributed by atoms with van der Waals surface area (Å²) in [5, 5.41) is 9.41. The fourth-order valence-corrected chi connectivity index (χ4v) is 3.67. The number of aromatic nitrogens is 3. The van der Waals surface area contributed by atoms with Crippen molar-refractivity contribution in [1.82, 2.24) is 13.7 Å². The van der Waals surface area contributed by atoms with Gasteiger partial charge in [-0.15, -0.1) is 0 Å². The van der Waals surface area contributed by atoms with Gasteiger partial charge in [0, 0.05) is 31.9 Å². The maximum atomic E-state index is 13.1. The average Bonchev–Trinajstić information content (AvgIpc) is 2.68. The lowest BCUT2D eigenvalue weighted by Crippen LogP contribution is -2.42. The van der Waals surface area contributed by atoms with Crippen LogP contribution in [0.5, 0.6) is 0 Å². The number of aliphatic hydroxyl groups is 1. The van der Waals surface area contributed by atoms with E-state index in [0.29, 0.717) is 37.1 Å². The van der Waals surface area contributed by atoms with Gasteiger partial charge < -0.3 is 9.67 Å². The van der Waals surface area contributed by atoms with Crippen LogP contribution in [0.1, 0.15) is 37.4 Å². The summed E-state index contributed by atoms with van der Waals surface area (Å²) in [6.45, 7) is 4.18. The maximum absolute atomic E-state index is 13.1. The molecule has 1 atom stereocenters. The van der Waals surface area contributed by atoms with Gasteiger partial charge in [-0.05, 0) is 38.7 Å². The number of aryl methyl sites for hydroxylation is 2. The van der Waals surface area contributed by atoms with Crippen molar-refractivity contribution in [3.63, 3.8) is 0 Å². The number of hydrogen-bond donors (Lipinski definition) is 1. The standard InChI is InChI=1S/C22H27N3O4/c1-15-13-18(27)19-20(25(15)14-17-10-5-4-6-11-17)23(3)22(29)24(21(19)28)12-8-7-9-16(2)26/h4-6,10-11,13,16,26H,7-9,12,14H2,1-3H3. The van der Waals surface area contributed by atoms with Crippen LogP contribution in [0.3, 0.4) is 0 Å². The number of fused-ring (bicyclic) bond motifs is 1. The molecular weight excluding hydrogens is 370 g/mol. The third kappa shape index (κ3) is 4.24. The van der Waals surface area contributed by atoms with Gasteiger partial charge in [-0.25, -0.2) is 4.79 Å². The van der Waals surface area contributed by atoms with Gasteiger partial charge in [-0.1, -0.05) is 30.3 Å². The monoisotopic (exact) mass is 397 g/mol. The van der Waals surface area contributed by atoms with Crippen molar-refractivity contribution < 1.29 is 5.11 Å². The molecule has 0 bridgehead atoms. The van der Waals surface area contributed by atoms with Crippen molar-refractivity contribution in [2.45, 2.75) is 52.3 Å². The summed E-state index contributed by atoms with van der Waals surface area (Å²) in [5.74, 6) is 0. The Balaban J connectivity index is 2.15. The van der Waals surface area contributed by atoms with Gasteiger partial charge in [0.05, 0.1) is 6.10 Å². The quantitative estimate of drug-likeness (QED) is 0.616. The number of rotatable bonds is 7. The average molecular weight is 397 g/mol. The lowest BCUT2D eigenvalue weighted by molar-refractivity contribution is 0.180. The molecular formula is C22H27N3O4. The zero-order chi connectivity index (χ0) is 21.1. The van der Waals surface area contributed by atoms with Crippen molar-refractivity contribution >= 4 is 11.0 Å². The fraction of sp³-hybridized carbons (Fsp3) is 0.409. The molecule has 29 heavy (non-hydrogen) atoms. The number of hydrogen-bond acceptors (Lipinski definition) is 4. The molecule has 2 heterocycles. The van der Waals surface area contributed by atoms with Crippen LogP contribution >= 0.6 is 0 Å². The Hall–Kier alpha value is -2.93. The highest BCUT2D eigenvalue weighted by molar-refractivity contribution is 5.74. The molecule has 0 amide bonds. The predicted octanol–water partition coefficient (Wildman–Crippen LogP) is 1.77. The van der Waals surface area contributed by atoms with E-state index in [1.54, 1.807) is 20.9 Å². The highest BCUT2D eigenvalue weighted by Crippen LogP contribution is 2.12. The summed E-state index contributed by atoms with van der Waals surface area (Å²) in [6, 6.07) is 11.2. The smallest absolute Gasteiger partial charge is 0.332 e. The van der Waals surface area contributed by atoms with Crippen LogP contribution in [0.25, 0.3) is 11.0 Å². The molecule has 154 valence electrons. The van der Waals surface area contributed by atoms with Crippen LogP contribution in [0.2, 0.25) is 0 Å². The third-order valence-corrected chi connectivity index (χ3v) is 5.22. The minimum Gasteiger partial charge on any atom is -0.393 e. The molecule has 0 saturated carbocycles. The van der Waals surface area contributed by atoms with E-state index in [4.69, 9.17) is 0 Å². The number of nitrogens with zero attached hydrogens (tertiary/aromatic N) is 3. The maximum Gasteiger partial charge on any atom is 0.332 e. The Morgan fingerprint density at radius 2 is 1.72 bits per heavy atom. The third-order valence-electron chi connectivity index (χ3n) is 5.22. The van der Waals surface area contributed by atoms with Crippen LogP contribution in [0.4, 0.5) is 0 Å². The second-order valence-corrected chi connectivity index (χ2v) is 7.56. The molecule has 0 aliphatic carbocycles. The van der Waals surface area contributed by atoms with Crippen LogP contribution < -0.4 is 16.7 Å². The molecule has 1 aromatic carbocycles. The van der Waals surface area contributed by atoms with Gasteiger partial charge in [-0.2, -0.15) is 0 Å². The Kier molecular flexibility index (Phi) is 6.17. The lowest BCUT2D eigenvalue weighted by atomic mass is 10.1. The zero-order valence-electron chi connectivity index (χ0n) is 17.1. The fourth-order valence-electron chi connectivity index (χ4n) is 3.67. The highest BCUT2D eigenvalue weighted by atomic mass is 16.3. The van der Waals surface area contributed by atoms with Gasteiger partial charge >= 0.3 is 5.69 Å². The first kappa shape index (κ1) is 20.8. The largest absolute Gasteiger partial charge is 0.393 e. The van der Waals surface area contributed by atoms with Crippen molar-refractivity contribution in [1.29, 1.82) is 0 Å². The summed E-state index contributed by atoms with van der Waals surface area (Å²) < 4.78 is 4.36. The molecule has 0 spiro atoms. The van der Waals surface area contributed by atoms with E-state index in [0.717, 1.165) is 10.1 Å². The topological polar surface area (TPSA) is 86.2 Å². The van der Waals surface area contributed by atoms with Gasteiger partial charge in [0.2, 0.25) is 0 Å². The summed E-state index contributed by atoms with van der Waals surface area (Å²) in [7, 11) is 1.59. The second-order valence-electron chi connectivity index (χ2n) is 7.56. The molecule has 7 nitrogen and oxygen atoms in total. The van der Waals surface area contributed by atoms with Gasteiger partial charge in [0.15, 0.2) is 5.43 Å². The summed E-state index contributed by atoms with van der Waals surface area (Å²) in [6.07, 6.45) is 1.46. The van der Waals surface area contributed by atoms with E-state index in [9.17, 15) is 19.5 Å². The Bertz CT molecular complexity index is 1190. The van der Waals surface area contributed by atoms with Crippen molar-refractivity contribution in [2.75, 3.05) is 0 Å². The molecule has 0 aliphatic heterocycles. The first-order valence-electron chi connectivity index (χ1n) is 9.87. The van der Waals surface area contributed by atoms with E-state index < -0.39 is 17.4 Å². The molecule has 3 aromatic rings. The number of aliphatic hydroxyl groups excluding tert-OH is 1. The molecule has 0 fully saturated rings. The minimum absolute atomic E-state index is 0.0316. The van der Waals surface area contributed by atoms with Crippen LogP contribution in [-0.4, -0.2) is 24.9 Å². The van der Waals surface area contributed by atoms with Gasteiger partial charge in [0.1, 0.15) is 11.0 Å². The lowest BCUT2D eigenvalue weighted by Gasteiger charge is -2.18. The molecule has 3 rings (SSSR count). The first-order valence-corrected chi connectivity index (χ1v) is 9.87. The van der Waals surface area contributed by atoms with Crippen LogP contribution in [0.15, 0.2) is 50.8 Å². The van der Waals surface area contributed by atoms with E-state index in [2.05, 4.69) is 0 Å². The Labute approximate surface area is 168 Å². The van der Waals surface area contributed by atoms with Crippen molar-refractivity contribution in [3.05, 3.63) is 78.7 Å².